The van der Waals surface area contributed by atoms with E-state index < -0.39 is 19.9 Å². The molecule has 138 valence electrons. The van der Waals surface area contributed by atoms with E-state index in [1.54, 1.807) is 0 Å². The number of carboxylic acid groups (broad SMARTS) is 1. The van der Waals surface area contributed by atoms with Crippen LogP contribution in [-0.2, 0) is 15.6 Å². The maximum absolute atomic E-state index is 12.0. The molecule has 1 amide bonds. The van der Waals surface area contributed by atoms with Crippen molar-refractivity contribution >= 4 is 20.7 Å². The molecule has 1 saturated heterocycles. The number of carbonyl (C=O) groups is 2. The number of hydrogen-bond acceptors (Lipinski definition) is 3. The number of rotatable bonds is 5. The quantitative estimate of drug-likeness (QED) is 0.635. The zero-order valence-electron chi connectivity index (χ0n) is 15.8. The van der Waals surface area contributed by atoms with E-state index in [0.717, 1.165) is 11.8 Å². The summed E-state index contributed by atoms with van der Waals surface area (Å²) in [4.78, 5) is 25.1. The molecule has 1 aliphatic rings. The fourth-order valence-electron chi connectivity index (χ4n) is 3.17. The summed E-state index contributed by atoms with van der Waals surface area (Å²) >= 11 is 0. The molecule has 1 N–H and O–H groups in total. The molecular weight excluding hydrogens is 334 g/mol. The summed E-state index contributed by atoms with van der Waals surface area (Å²) in [6.45, 7) is 11.0. The summed E-state index contributed by atoms with van der Waals surface area (Å²) in [6.07, 6.45) is 0.268. The van der Waals surface area contributed by atoms with E-state index in [4.69, 9.17) is 4.43 Å². The fraction of sp³-hybridized carbons (Fsp3) is 0.579. The molecule has 6 heteroatoms. The van der Waals surface area contributed by atoms with Crippen LogP contribution >= 0.6 is 0 Å². The maximum Gasteiger partial charge on any atom is 0.408 e. The Balaban J connectivity index is 2.27. The molecule has 2 rings (SSSR count). The van der Waals surface area contributed by atoms with Crippen molar-refractivity contribution in [2.75, 3.05) is 6.54 Å². The van der Waals surface area contributed by atoms with Gasteiger partial charge in [-0.2, -0.15) is 0 Å². The Hall–Kier alpha value is -1.66. The van der Waals surface area contributed by atoms with E-state index in [2.05, 4.69) is 33.9 Å². The van der Waals surface area contributed by atoms with Crippen LogP contribution in [0.5, 0.6) is 0 Å². The lowest BCUT2D eigenvalue weighted by Crippen LogP contribution is -2.49. The molecule has 1 aromatic rings. The maximum atomic E-state index is 12.0. The van der Waals surface area contributed by atoms with Gasteiger partial charge in [-0.25, -0.2) is 4.79 Å². The molecule has 0 unspecified atom stereocenters. The summed E-state index contributed by atoms with van der Waals surface area (Å²) in [5, 5.41) is 9.69. The van der Waals surface area contributed by atoms with Gasteiger partial charge >= 0.3 is 6.09 Å². The lowest BCUT2D eigenvalue weighted by Gasteiger charge is -2.38. The third-order valence-corrected chi connectivity index (χ3v) is 10.1. The minimum absolute atomic E-state index is 0.0346. The summed E-state index contributed by atoms with van der Waals surface area (Å²) in [7, 11) is -2.04. The second kappa shape index (κ2) is 6.92. The summed E-state index contributed by atoms with van der Waals surface area (Å²) in [5.74, 6) is 0. The zero-order chi connectivity index (χ0) is 18.9. The molecule has 0 bridgehead atoms. The molecule has 0 aliphatic carbocycles. The van der Waals surface area contributed by atoms with Crippen molar-refractivity contribution in [2.24, 2.45) is 0 Å². The molecule has 0 radical (unpaired) electrons. The molecule has 2 atom stereocenters. The van der Waals surface area contributed by atoms with Crippen molar-refractivity contribution in [3.8, 4) is 0 Å². The normalized spacial score (nSPS) is 24.4. The molecule has 1 aromatic carbocycles. The third kappa shape index (κ3) is 4.12. The predicted molar refractivity (Wildman–Crippen MR) is 100 cm³/mol. The number of likely N-dealkylation sites (tertiary alicyclic amines) is 1. The highest BCUT2D eigenvalue weighted by molar-refractivity contribution is 6.74. The van der Waals surface area contributed by atoms with E-state index in [1.165, 1.54) is 4.90 Å². The Morgan fingerprint density at radius 1 is 1.36 bits per heavy atom. The molecular formula is C19H29NO4Si. The second-order valence-corrected chi connectivity index (χ2v) is 13.2. The molecule has 0 saturated carbocycles. The van der Waals surface area contributed by atoms with Gasteiger partial charge < -0.3 is 14.3 Å². The topological polar surface area (TPSA) is 66.8 Å². The fourth-order valence-corrected chi connectivity index (χ4v) is 4.51. The molecule has 1 aliphatic heterocycles. The third-order valence-electron chi connectivity index (χ3n) is 5.58. The van der Waals surface area contributed by atoms with E-state index in [9.17, 15) is 14.7 Å². The van der Waals surface area contributed by atoms with E-state index in [-0.39, 0.29) is 17.7 Å². The van der Waals surface area contributed by atoms with Crippen LogP contribution in [0.3, 0.4) is 0 Å². The zero-order valence-corrected chi connectivity index (χ0v) is 16.8. The molecule has 0 aromatic heterocycles. The van der Waals surface area contributed by atoms with Gasteiger partial charge in [0.1, 0.15) is 11.8 Å². The molecule has 1 heterocycles. The summed E-state index contributed by atoms with van der Waals surface area (Å²) in [5.41, 5.74) is -0.103. The number of benzene rings is 1. The van der Waals surface area contributed by atoms with Crippen LogP contribution < -0.4 is 0 Å². The number of nitrogens with zero attached hydrogens (tertiary/aromatic N) is 1. The van der Waals surface area contributed by atoms with Gasteiger partial charge in [0.2, 0.25) is 0 Å². The minimum Gasteiger partial charge on any atom is -0.465 e. The van der Waals surface area contributed by atoms with E-state index in [0.29, 0.717) is 12.8 Å². The SMILES string of the molecule is CC(C)(C)[Si](C)(C)O[C@H]1CN(C(=O)O)[C@](C=O)(Cc2ccccc2)C1. The largest absolute Gasteiger partial charge is 0.465 e. The van der Waals surface area contributed by atoms with Gasteiger partial charge in [-0.3, -0.25) is 4.90 Å². The van der Waals surface area contributed by atoms with Gasteiger partial charge in [-0.05, 0) is 23.7 Å². The van der Waals surface area contributed by atoms with Gasteiger partial charge in [-0.15, -0.1) is 0 Å². The minimum atomic E-state index is -2.04. The van der Waals surface area contributed by atoms with Crippen LogP contribution in [0.25, 0.3) is 0 Å². The highest BCUT2D eigenvalue weighted by Gasteiger charge is 2.51. The van der Waals surface area contributed by atoms with E-state index >= 15 is 0 Å². The van der Waals surface area contributed by atoms with Crippen LogP contribution in [0, 0.1) is 0 Å². The Morgan fingerprint density at radius 2 is 1.96 bits per heavy atom. The first kappa shape index (κ1) is 19.7. The summed E-state index contributed by atoms with van der Waals surface area (Å²) < 4.78 is 6.41. The van der Waals surface area contributed by atoms with Crippen molar-refractivity contribution in [3.05, 3.63) is 35.9 Å². The van der Waals surface area contributed by atoms with Crippen molar-refractivity contribution in [1.82, 2.24) is 4.90 Å². The van der Waals surface area contributed by atoms with E-state index in [1.807, 2.05) is 30.3 Å². The number of carbonyl (C=O) groups excluding carboxylic acids is 1. The standard InChI is InChI=1S/C19H29NO4Si/c1-18(2,3)25(4,5)24-16-12-19(14-21,20(13-16)17(22)23)11-15-9-7-6-8-10-15/h6-10,14,16H,11-13H2,1-5H3,(H,22,23)/t16-,19-/m1/s1. The van der Waals surface area contributed by atoms with Gasteiger partial charge in [0.15, 0.2) is 8.32 Å². The Bertz CT molecular complexity index is 626. The van der Waals surface area contributed by atoms with Crippen molar-refractivity contribution < 1.29 is 19.1 Å². The average molecular weight is 364 g/mol. The first-order chi connectivity index (χ1) is 11.5. The Labute approximate surface area is 151 Å². The van der Waals surface area contributed by atoms with Gasteiger partial charge in [0.05, 0.1) is 12.6 Å². The van der Waals surface area contributed by atoms with Crippen molar-refractivity contribution in [3.63, 3.8) is 0 Å². The van der Waals surface area contributed by atoms with Crippen LogP contribution in [0.2, 0.25) is 18.1 Å². The molecule has 1 fully saturated rings. The van der Waals surface area contributed by atoms with Gasteiger partial charge in [-0.1, -0.05) is 51.1 Å². The number of amides is 1. The molecule has 5 nitrogen and oxygen atoms in total. The Morgan fingerprint density at radius 3 is 2.44 bits per heavy atom. The first-order valence-electron chi connectivity index (χ1n) is 8.69. The van der Waals surface area contributed by atoms with Crippen molar-refractivity contribution in [2.45, 2.75) is 63.4 Å². The highest BCUT2D eigenvalue weighted by atomic mass is 28.4. The molecule has 0 spiro atoms. The monoisotopic (exact) mass is 363 g/mol. The lowest BCUT2D eigenvalue weighted by molar-refractivity contribution is -0.116. The van der Waals surface area contributed by atoms with Crippen molar-refractivity contribution in [1.29, 1.82) is 0 Å². The van der Waals surface area contributed by atoms with Gasteiger partial charge in [0, 0.05) is 12.8 Å². The van der Waals surface area contributed by atoms with Crippen LogP contribution in [0.1, 0.15) is 32.8 Å². The summed E-state index contributed by atoms with van der Waals surface area (Å²) in [6, 6.07) is 9.56. The lowest BCUT2D eigenvalue weighted by atomic mass is 9.89. The predicted octanol–water partition coefficient (Wildman–Crippen LogP) is 3.94. The van der Waals surface area contributed by atoms with Crippen LogP contribution in [0.15, 0.2) is 30.3 Å². The number of aldehydes is 1. The highest BCUT2D eigenvalue weighted by Crippen LogP contribution is 2.41. The van der Waals surface area contributed by atoms with Crippen LogP contribution in [-0.4, -0.2) is 48.9 Å². The van der Waals surface area contributed by atoms with Crippen LogP contribution in [0.4, 0.5) is 4.79 Å². The Kier molecular flexibility index (Phi) is 5.44. The van der Waals surface area contributed by atoms with Gasteiger partial charge in [0.25, 0.3) is 0 Å². The first-order valence-corrected chi connectivity index (χ1v) is 11.6. The average Bonchev–Trinajstić information content (AvgIpc) is 2.85. The number of hydrogen-bond donors (Lipinski definition) is 1. The second-order valence-electron chi connectivity index (χ2n) is 8.48. The smallest absolute Gasteiger partial charge is 0.408 e. The molecule has 25 heavy (non-hydrogen) atoms.